The number of aryl methyl sites for hydroxylation is 1. The Labute approximate surface area is 214 Å². The second kappa shape index (κ2) is 9.89. The first-order valence-electron chi connectivity index (χ1n) is 12.4. The molecule has 3 aromatic rings. The standard InChI is InChI=1S/C27H31N5O3S/c1-4-21(23-9-6-14-36-23)29-25(33)18-10-12-31(13-11-18)22-8-5-7-20-24(22)27(35)32(26(20)34)16-19-15-28-30(3)17(19)2/h5-9,14-15,18,21H,4,10-13,16H2,1-3H3,(H,29,33). The first kappa shape index (κ1) is 24.2. The Morgan fingerprint density at radius 1 is 1.17 bits per heavy atom. The molecule has 5 rings (SSSR count). The lowest BCUT2D eigenvalue weighted by molar-refractivity contribution is -0.126. The minimum absolute atomic E-state index is 0.0472. The van der Waals surface area contributed by atoms with Crippen LogP contribution in [0.1, 0.15) is 69.1 Å². The van der Waals surface area contributed by atoms with Gasteiger partial charge in [-0.15, -0.1) is 11.3 Å². The van der Waals surface area contributed by atoms with Gasteiger partial charge in [0.2, 0.25) is 5.91 Å². The number of rotatable bonds is 7. The summed E-state index contributed by atoms with van der Waals surface area (Å²) in [5.74, 6) is -0.504. The predicted molar refractivity (Wildman–Crippen MR) is 139 cm³/mol. The summed E-state index contributed by atoms with van der Waals surface area (Å²) in [5, 5.41) is 9.49. The number of amides is 3. The van der Waals surface area contributed by atoms with Crippen LogP contribution < -0.4 is 10.2 Å². The fourth-order valence-electron chi connectivity index (χ4n) is 5.13. The summed E-state index contributed by atoms with van der Waals surface area (Å²) in [6, 6.07) is 9.60. The molecule has 0 spiro atoms. The van der Waals surface area contributed by atoms with Crippen molar-refractivity contribution in [3.8, 4) is 0 Å². The maximum atomic E-state index is 13.4. The van der Waals surface area contributed by atoms with Gasteiger partial charge in [0.05, 0.1) is 35.6 Å². The van der Waals surface area contributed by atoms with E-state index < -0.39 is 0 Å². The molecule has 1 saturated heterocycles. The number of piperidine rings is 1. The van der Waals surface area contributed by atoms with Gasteiger partial charge in [-0.1, -0.05) is 19.1 Å². The van der Waals surface area contributed by atoms with E-state index in [-0.39, 0.29) is 36.2 Å². The minimum atomic E-state index is -0.270. The zero-order chi connectivity index (χ0) is 25.4. The number of imide groups is 1. The molecule has 0 bridgehead atoms. The molecule has 9 heteroatoms. The lowest BCUT2D eigenvalue weighted by atomic mass is 9.94. The average Bonchev–Trinajstić information content (AvgIpc) is 3.60. The smallest absolute Gasteiger partial charge is 0.263 e. The summed E-state index contributed by atoms with van der Waals surface area (Å²) in [6.07, 6.45) is 3.97. The van der Waals surface area contributed by atoms with Crippen molar-refractivity contribution in [2.45, 2.75) is 45.7 Å². The molecule has 8 nitrogen and oxygen atoms in total. The van der Waals surface area contributed by atoms with Gasteiger partial charge in [0, 0.05) is 42.2 Å². The molecule has 1 aromatic carbocycles. The lowest BCUT2D eigenvalue weighted by Gasteiger charge is -2.34. The van der Waals surface area contributed by atoms with Crippen molar-refractivity contribution in [3.63, 3.8) is 0 Å². The molecule has 3 amide bonds. The van der Waals surface area contributed by atoms with Gasteiger partial charge in [-0.05, 0) is 49.8 Å². The van der Waals surface area contributed by atoms with Crippen LogP contribution in [0.4, 0.5) is 5.69 Å². The molecule has 36 heavy (non-hydrogen) atoms. The number of thiophene rings is 1. The molecular weight excluding hydrogens is 474 g/mol. The van der Waals surface area contributed by atoms with Crippen molar-refractivity contribution in [1.82, 2.24) is 20.0 Å². The number of hydrogen-bond donors (Lipinski definition) is 1. The number of aromatic nitrogens is 2. The number of benzene rings is 1. The monoisotopic (exact) mass is 505 g/mol. The molecule has 2 aliphatic heterocycles. The highest BCUT2D eigenvalue weighted by Crippen LogP contribution is 2.35. The van der Waals surface area contributed by atoms with Gasteiger partial charge in [-0.2, -0.15) is 5.10 Å². The molecular formula is C27H31N5O3S. The van der Waals surface area contributed by atoms with Crippen LogP contribution in [0.3, 0.4) is 0 Å². The van der Waals surface area contributed by atoms with E-state index in [4.69, 9.17) is 0 Å². The van der Waals surface area contributed by atoms with Gasteiger partial charge in [0.15, 0.2) is 0 Å². The molecule has 0 saturated carbocycles. The molecule has 0 aliphatic carbocycles. The van der Waals surface area contributed by atoms with Crippen LogP contribution in [0.2, 0.25) is 0 Å². The van der Waals surface area contributed by atoms with Gasteiger partial charge in [0.25, 0.3) is 11.8 Å². The number of hydrogen-bond acceptors (Lipinski definition) is 6. The van der Waals surface area contributed by atoms with E-state index in [1.807, 2.05) is 37.6 Å². The maximum absolute atomic E-state index is 13.4. The van der Waals surface area contributed by atoms with E-state index in [2.05, 4.69) is 28.3 Å². The molecule has 1 N–H and O–H groups in total. The zero-order valence-corrected chi connectivity index (χ0v) is 21.7. The maximum Gasteiger partial charge on any atom is 0.263 e. The van der Waals surface area contributed by atoms with E-state index in [0.717, 1.165) is 23.4 Å². The van der Waals surface area contributed by atoms with Crippen molar-refractivity contribution >= 4 is 34.7 Å². The number of anilines is 1. The summed E-state index contributed by atoms with van der Waals surface area (Å²) in [4.78, 5) is 44.2. The molecule has 1 fully saturated rings. The Morgan fingerprint density at radius 3 is 2.58 bits per heavy atom. The van der Waals surface area contributed by atoms with Gasteiger partial charge in [-0.25, -0.2) is 0 Å². The van der Waals surface area contributed by atoms with Gasteiger partial charge in [-0.3, -0.25) is 24.0 Å². The highest BCUT2D eigenvalue weighted by Gasteiger charge is 2.39. The van der Waals surface area contributed by atoms with Crippen LogP contribution in [-0.2, 0) is 18.4 Å². The molecule has 0 radical (unpaired) electrons. The number of carbonyl (C=O) groups excluding carboxylic acids is 3. The second-order valence-electron chi connectivity index (χ2n) is 9.52. The third kappa shape index (κ3) is 4.32. The Bertz CT molecular complexity index is 1290. The summed E-state index contributed by atoms with van der Waals surface area (Å²) in [6.45, 7) is 5.54. The number of nitrogens with zero attached hydrogens (tertiary/aromatic N) is 4. The highest BCUT2D eigenvalue weighted by atomic mass is 32.1. The first-order chi connectivity index (χ1) is 17.4. The lowest BCUT2D eigenvalue weighted by Crippen LogP contribution is -2.42. The molecule has 1 unspecified atom stereocenters. The summed E-state index contributed by atoms with van der Waals surface area (Å²) < 4.78 is 1.74. The quantitative estimate of drug-likeness (QED) is 0.489. The number of carbonyl (C=O) groups is 3. The van der Waals surface area contributed by atoms with Crippen LogP contribution in [0.15, 0.2) is 41.9 Å². The van der Waals surface area contributed by atoms with Gasteiger partial charge >= 0.3 is 0 Å². The Morgan fingerprint density at radius 2 is 1.94 bits per heavy atom. The molecule has 188 valence electrons. The van der Waals surface area contributed by atoms with E-state index in [1.54, 1.807) is 28.3 Å². The zero-order valence-electron chi connectivity index (χ0n) is 20.9. The van der Waals surface area contributed by atoms with Crippen molar-refractivity contribution in [1.29, 1.82) is 0 Å². The molecule has 4 heterocycles. The Hall–Kier alpha value is -3.46. The van der Waals surface area contributed by atoms with Gasteiger partial charge < -0.3 is 10.2 Å². The van der Waals surface area contributed by atoms with E-state index >= 15 is 0 Å². The van der Waals surface area contributed by atoms with E-state index in [0.29, 0.717) is 37.1 Å². The van der Waals surface area contributed by atoms with Gasteiger partial charge in [0.1, 0.15) is 0 Å². The fraction of sp³-hybridized carbons (Fsp3) is 0.407. The van der Waals surface area contributed by atoms with E-state index in [1.165, 1.54) is 9.78 Å². The number of nitrogens with one attached hydrogen (secondary N) is 1. The van der Waals surface area contributed by atoms with Crippen LogP contribution in [0, 0.1) is 12.8 Å². The van der Waals surface area contributed by atoms with Crippen LogP contribution >= 0.6 is 11.3 Å². The first-order valence-corrected chi connectivity index (χ1v) is 13.3. The third-order valence-corrected chi connectivity index (χ3v) is 8.45. The summed E-state index contributed by atoms with van der Waals surface area (Å²) >= 11 is 1.66. The topological polar surface area (TPSA) is 87.5 Å². The van der Waals surface area contributed by atoms with Crippen LogP contribution in [0.25, 0.3) is 0 Å². The Kier molecular flexibility index (Phi) is 6.66. The molecule has 1 atom stereocenters. The van der Waals surface area contributed by atoms with Crippen LogP contribution in [0.5, 0.6) is 0 Å². The highest BCUT2D eigenvalue weighted by molar-refractivity contribution is 7.10. The van der Waals surface area contributed by atoms with Crippen molar-refractivity contribution < 1.29 is 14.4 Å². The largest absolute Gasteiger partial charge is 0.371 e. The third-order valence-electron chi connectivity index (χ3n) is 7.46. The van der Waals surface area contributed by atoms with Crippen molar-refractivity contribution in [3.05, 3.63) is 69.2 Å². The average molecular weight is 506 g/mol. The van der Waals surface area contributed by atoms with Crippen molar-refractivity contribution in [2.24, 2.45) is 13.0 Å². The van der Waals surface area contributed by atoms with E-state index in [9.17, 15) is 14.4 Å². The SMILES string of the molecule is CCC(NC(=O)C1CCN(c2cccc3c2C(=O)N(Cc2cnn(C)c2C)C3=O)CC1)c1cccs1. The van der Waals surface area contributed by atoms with Crippen LogP contribution in [-0.4, -0.2) is 45.5 Å². The molecule has 2 aromatic heterocycles. The predicted octanol–water partition coefficient (Wildman–Crippen LogP) is 4.07. The van der Waals surface area contributed by atoms with Crippen molar-refractivity contribution in [2.75, 3.05) is 18.0 Å². The minimum Gasteiger partial charge on any atom is -0.371 e. The summed E-state index contributed by atoms with van der Waals surface area (Å²) in [7, 11) is 1.84. The number of fused-ring (bicyclic) bond motifs is 1. The second-order valence-corrected chi connectivity index (χ2v) is 10.5. The molecule has 2 aliphatic rings. The summed E-state index contributed by atoms with van der Waals surface area (Å²) in [5.41, 5.74) is 3.47. The Balaban J connectivity index is 1.27. The normalized spacial score (nSPS) is 17.0. The fourth-order valence-corrected chi connectivity index (χ4v) is 5.99.